The van der Waals surface area contributed by atoms with Crippen molar-refractivity contribution in [2.24, 2.45) is 4.99 Å². The summed E-state index contributed by atoms with van der Waals surface area (Å²) >= 11 is 0. The van der Waals surface area contributed by atoms with Crippen molar-refractivity contribution >= 4 is 11.7 Å². The lowest BCUT2D eigenvalue weighted by Gasteiger charge is -2.07. The zero-order valence-corrected chi connectivity index (χ0v) is 6.87. The fraction of sp³-hybridized carbons (Fsp3) is 0.429. The molecule has 1 aliphatic rings. The molecule has 0 saturated carbocycles. The minimum absolute atomic E-state index is 0.461. The number of allylic oxidation sites excluding steroid dienone is 1. The molecule has 0 aromatic heterocycles. The number of hydrogen-bond donors (Lipinski definition) is 2. The van der Waals surface area contributed by atoms with Crippen LogP contribution in [-0.4, -0.2) is 29.9 Å². The second kappa shape index (κ2) is 3.36. The van der Waals surface area contributed by atoms with Crippen LogP contribution in [0.2, 0.25) is 0 Å². The van der Waals surface area contributed by atoms with Crippen LogP contribution in [0.5, 0.6) is 0 Å². The Morgan fingerprint density at radius 1 is 1.83 bits per heavy atom. The van der Waals surface area contributed by atoms with Gasteiger partial charge in [0.2, 0.25) is 0 Å². The number of carboxylic acid groups (broad SMARTS) is 1. The first-order valence-corrected chi connectivity index (χ1v) is 3.43. The fourth-order valence-electron chi connectivity index (χ4n) is 1.01. The maximum atomic E-state index is 10.6. The van der Waals surface area contributed by atoms with Crippen molar-refractivity contribution in [3.05, 3.63) is 11.8 Å². The van der Waals surface area contributed by atoms with Crippen LogP contribution in [0.15, 0.2) is 16.8 Å². The molecular weight excluding hydrogens is 160 g/mol. The van der Waals surface area contributed by atoms with E-state index in [0.717, 1.165) is 0 Å². The van der Waals surface area contributed by atoms with Gasteiger partial charge in [0.05, 0.1) is 12.8 Å². The van der Waals surface area contributed by atoms with Crippen molar-refractivity contribution in [3.63, 3.8) is 0 Å². The van der Waals surface area contributed by atoms with E-state index in [4.69, 9.17) is 5.11 Å². The third-order valence-electron chi connectivity index (χ3n) is 1.45. The number of hydroxylamine groups is 1. The van der Waals surface area contributed by atoms with E-state index in [1.807, 2.05) is 0 Å². The Morgan fingerprint density at radius 2 is 2.50 bits per heavy atom. The molecule has 66 valence electrons. The standard InChI is InChI=1S/C7H10N2O3/c1-4-3-5(9-12-2)6(8-4)7(10)11/h3,6,9H,1-2H3,(H,10,11). The van der Waals surface area contributed by atoms with Gasteiger partial charge in [-0.3, -0.25) is 15.3 Å². The normalized spacial score (nSPS) is 21.7. The molecule has 1 rings (SSSR count). The average Bonchev–Trinajstić information content (AvgIpc) is 2.32. The molecule has 0 aromatic carbocycles. The van der Waals surface area contributed by atoms with Gasteiger partial charge >= 0.3 is 5.97 Å². The second-order valence-corrected chi connectivity index (χ2v) is 2.42. The summed E-state index contributed by atoms with van der Waals surface area (Å²) in [5.41, 5.74) is 3.62. The summed E-state index contributed by atoms with van der Waals surface area (Å²) in [6.07, 6.45) is 1.64. The Labute approximate surface area is 69.7 Å². The van der Waals surface area contributed by atoms with Gasteiger partial charge in [0, 0.05) is 5.71 Å². The van der Waals surface area contributed by atoms with Crippen molar-refractivity contribution in [3.8, 4) is 0 Å². The smallest absolute Gasteiger partial charge is 0.334 e. The molecule has 1 heterocycles. The highest BCUT2D eigenvalue weighted by atomic mass is 16.6. The number of rotatable bonds is 3. The first-order chi connectivity index (χ1) is 5.65. The Hall–Kier alpha value is -1.36. The van der Waals surface area contributed by atoms with Crippen LogP contribution in [0.1, 0.15) is 6.92 Å². The van der Waals surface area contributed by atoms with Crippen LogP contribution >= 0.6 is 0 Å². The topological polar surface area (TPSA) is 70.9 Å². The van der Waals surface area contributed by atoms with E-state index in [0.29, 0.717) is 11.4 Å². The third kappa shape index (κ3) is 1.62. The molecule has 0 saturated heterocycles. The van der Waals surface area contributed by atoms with E-state index in [9.17, 15) is 4.79 Å². The van der Waals surface area contributed by atoms with Gasteiger partial charge in [0.25, 0.3) is 0 Å². The maximum absolute atomic E-state index is 10.6. The summed E-state index contributed by atoms with van der Waals surface area (Å²) in [5.74, 6) is -0.984. The van der Waals surface area contributed by atoms with Crippen LogP contribution in [0.25, 0.3) is 0 Å². The molecule has 2 N–H and O–H groups in total. The molecule has 5 nitrogen and oxygen atoms in total. The number of hydrogen-bond acceptors (Lipinski definition) is 4. The third-order valence-corrected chi connectivity index (χ3v) is 1.45. The van der Waals surface area contributed by atoms with Gasteiger partial charge in [-0.2, -0.15) is 0 Å². The molecular formula is C7H10N2O3. The van der Waals surface area contributed by atoms with Crippen molar-refractivity contribution in [2.45, 2.75) is 13.0 Å². The molecule has 0 fully saturated rings. The minimum Gasteiger partial charge on any atom is -0.479 e. The van der Waals surface area contributed by atoms with Gasteiger partial charge in [-0.15, -0.1) is 0 Å². The Morgan fingerprint density at radius 3 is 3.00 bits per heavy atom. The highest BCUT2D eigenvalue weighted by Crippen LogP contribution is 2.12. The number of aliphatic carboxylic acids is 1. The number of carbonyl (C=O) groups is 1. The number of carboxylic acids is 1. The molecule has 0 aliphatic carbocycles. The lowest BCUT2D eigenvalue weighted by Crippen LogP contribution is -2.26. The molecule has 5 heteroatoms. The van der Waals surface area contributed by atoms with Gasteiger partial charge < -0.3 is 5.11 Å². The number of nitrogens with zero attached hydrogens (tertiary/aromatic N) is 1. The SMILES string of the molecule is CONC1=CC(C)=NC1C(=O)O. The zero-order chi connectivity index (χ0) is 9.14. The predicted molar refractivity (Wildman–Crippen MR) is 42.8 cm³/mol. The van der Waals surface area contributed by atoms with Crippen LogP contribution in [0.3, 0.4) is 0 Å². The fourth-order valence-corrected chi connectivity index (χ4v) is 1.01. The van der Waals surface area contributed by atoms with Crippen molar-refractivity contribution in [1.29, 1.82) is 0 Å². The van der Waals surface area contributed by atoms with E-state index in [1.54, 1.807) is 13.0 Å². The first-order valence-electron chi connectivity index (χ1n) is 3.43. The lowest BCUT2D eigenvalue weighted by molar-refractivity contribution is -0.137. The van der Waals surface area contributed by atoms with Crippen LogP contribution in [0, 0.1) is 0 Å². The summed E-state index contributed by atoms with van der Waals surface area (Å²) < 4.78 is 0. The van der Waals surface area contributed by atoms with Crippen LogP contribution in [-0.2, 0) is 9.63 Å². The van der Waals surface area contributed by atoms with Gasteiger partial charge in [-0.1, -0.05) is 0 Å². The Kier molecular flexibility index (Phi) is 2.44. The molecule has 0 spiro atoms. The van der Waals surface area contributed by atoms with E-state index in [2.05, 4.69) is 15.3 Å². The van der Waals surface area contributed by atoms with Gasteiger partial charge in [0.1, 0.15) is 0 Å². The summed E-state index contributed by atoms with van der Waals surface area (Å²) in [6.45, 7) is 1.74. The Bertz CT molecular complexity index is 257. The van der Waals surface area contributed by atoms with Crippen LogP contribution in [0.4, 0.5) is 0 Å². The molecule has 0 aromatic rings. The molecule has 0 radical (unpaired) electrons. The summed E-state index contributed by atoms with van der Waals surface area (Å²) in [7, 11) is 1.42. The molecule has 12 heavy (non-hydrogen) atoms. The number of nitrogens with one attached hydrogen (secondary N) is 1. The average molecular weight is 170 g/mol. The first kappa shape index (κ1) is 8.73. The second-order valence-electron chi connectivity index (χ2n) is 2.42. The highest BCUT2D eigenvalue weighted by molar-refractivity contribution is 5.99. The van der Waals surface area contributed by atoms with Gasteiger partial charge in [0.15, 0.2) is 6.04 Å². The number of aliphatic imine (C=N–C) groups is 1. The van der Waals surface area contributed by atoms with E-state index in [1.165, 1.54) is 7.11 Å². The summed E-state index contributed by atoms with van der Waals surface area (Å²) in [5, 5.41) is 8.68. The highest BCUT2D eigenvalue weighted by Gasteiger charge is 2.25. The molecule has 0 amide bonds. The van der Waals surface area contributed by atoms with Crippen LogP contribution < -0.4 is 5.48 Å². The molecule has 0 bridgehead atoms. The molecule has 1 aliphatic heterocycles. The van der Waals surface area contributed by atoms with Gasteiger partial charge in [-0.25, -0.2) is 4.79 Å². The largest absolute Gasteiger partial charge is 0.479 e. The van der Waals surface area contributed by atoms with E-state index >= 15 is 0 Å². The summed E-state index contributed by atoms with van der Waals surface area (Å²) in [4.78, 5) is 19.1. The quantitative estimate of drug-likeness (QED) is 0.582. The van der Waals surface area contributed by atoms with Crippen molar-refractivity contribution in [1.82, 2.24) is 5.48 Å². The maximum Gasteiger partial charge on any atom is 0.334 e. The summed E-state index contributed by atoms with van der Waals surface area (Å²) in [6, 6.07) is -0.843. The molecule has 1 atom stereocenters. The molecule has 1 unspecified atom stereocenters. The Balaban J connectivity index is 2.75. The van der Waals surface area contributed by atoms with Gasteiger partial charge in [-0.05, 0) is 13.0 Å². The predicted octanol–water partition coefficient (Wildman–Crippen LogP) is -0.0510. The van der Waals surface area contributed by atoms with Crippen molar-refractivity contribution in [2.75, 3.05) is 7.11 Å². The van der Waals surface area contributed by atoms with E-state index < -0.39 is 12.0 Å². The monoisotopic (exact) mass is 170 g/mol. The minimum atomic E-state index is -0.984. The zero-order valence-electron chi connectivity index (χ0n) is 6.87. The lowest BCUT2D eigenvalue weighted by atomic mass is 10.2. The van der Waals surface area contributed by atoms with E-state index in [-0.39, 0.29) is 0 Å². The van der Waals surface area contributed by atoms with Crippen molar-refractivity contribution < 1.29 is 14.7 Å².